The fraction of sp³-hybridized carbons (Fsp3) is 0.333. The van der Waals surface area contributed by atoms with Crippen LogP contribution in [0.3, 0.4) is 0 Å². The molecule has 0 aromatic heterocycles. The fourth-order valence-corrected chi connectivity index (χ4v) is 2.98. The molecule has 1 aliphatic heterocycles. The quantitative estimate of drug-likeness (QED) is 0.574. The van der Waals surface area contributed by atoms with E-state index in [1.54, 1.807) is 12.1 Å². The zero-order valence-corrected chi connectivity index (χ0v) is 15.8. The first kappa shape index (κ1) is 18.8. The van der Waals surface area contributed by atoms with E-state index in [1.807, 2.05) is 38.1 Å². The van der Waals surface area contributed by atoms with Crippen LogP contribution in [0, 0.1) is 0 Å². The highest BCUT2D eigenvalue weighted by Crippen LogP contribution is 2.43. The third kappa shape index (κ3) is 4.22. The van der Waals surface area contributed by atoms with Crippen LogP contribution in [-0.4, -0.2) is 31.4 Å². The summed E-state index contributed by atoms with van der Waals surface area (Å²) in [6.45, 7) is 5.39. The molecule has 0 saturated heterocycles. The molecule has 6 nitrogen and oxygen atoms in total. The summed E-state index contributed by atoms with van der Waals surface area (Å²) in [7, 11) is 1.27. The molecular formula is C21H22O6. The lowest BCUT2D eigenvalue weighted by Crippen LogP contribution is -2.29. The lowest BCUT2D eigenvalue weighted by Gasteiger charge is -2.16. The van der Waals surface area contributed by atoms with Crippen LogP contribution in [-0.2, 0) is 15.9 Å². The van der Waals surface area contributed by atoms with Gasteiger partial charge >= 0.3 is 6.16 Å². The molecule has 3 rings (SSSR count). The standard InChI is InChI=1S/C21H22O6/c1-13(22)14-5-7-15(8-6-14)17-12-19-18(26-21(2,3)27-19)11-16(17)9-10-25-20(23)24-4/h5-8,11-12H,9-10H2,1-4H3. The van der Waals surface area contributed by atoms with Crippen molar-refractivity contribution in [2.75, 3.05) is 13.7 Å². The van der Waals surface area contributed by atoms with Crippen molar-refractivity contribution in [2.45, 2.75) is 33.0 Å². The van der Waals surface area contributed by atoms with Gasteiger partial charge in [-0.3, -0.25) is 4.79 Å². The summed E-state index contributed by atoms with van der Waals surface area (Å²) in [6, 6.07) is 11.2. The van der Waals surface area contributed by atoms with Crippen LogP contribution in [0.4, 0.5) is 4.79 Å². The molecule has 27 heavy (non-hydrogen) atoms. The zero-order chi connectivity index (χ0) is 19.6. The third-order valence-corrected chi connectivity index (χ3v) is 4.24. The molecule has 142 valence electrons. The Hall–Kier alpha value is -3.02. The SMILES string of the molecule is COC(=O)OCCc1cc2c(cc1-c1ccc(C(C)=O)cc1)OC(C)(C)O2. The summed E-state index contributed by atoms with van der Waals surface area (Å²) in [4.78, 5) is 22.7. The van der Waals surface area contributed by atoms with Crippen LogP contribution >= 0.6 is 0 Å². The molecule has 0 N–H and O–H groups in total. The smallest absolute Gasteiger partial charge is 0.449 e. The van der Waals surface area contributed by atoms with E-state index in [-0.39, 0.29) is 12.4 Å². The molecule has 0 fully saturated rings. The summed E-state index contributed by atoms with van der Waals surface area (Å²) in [5.41, 5.74) is 3.45. The van der Waals surface area contributed by atoms with Crippen molar-refractivity contribution in [3.8, 4) is 22.6 Å². The maximum atomic E-state index is 11.5. The first-order valence-electron chi connectivity index (χ1n) is 8.66. The largest absolute Gasteiger partial charge is 0.507 e. The van der Waals surface area contributed by atoms with Crippen LogP contribution in [0.2, 0.25) is 0 Å². The Labute approximate surface area is 158 Å². The van der Waals surface area contributed by atoms with Gasteiger partial charge in [-0.15, -0.1) is 0 Å². The van der Waals surface area contributed by atoms with E-state index in [0.29, 0.717) is 23.5 Å². The number of ether oxygens (including phenoxy) is 4. The predicted molar refractivity (Wildman–Crippen MR) is 99.3 cm³/mol. The van der Waals surface area contributed by atoms with E-state index in [0.717, 1.165) is 16.7 Å². The Morgan fingerprint density at radius 2 is 1.67 bits per heavy atom. The van der Waals surface area contributed by atoms with Crippen molar-refractivity contribution < 1.29 is 28.5 Å². The van der Waals surface area contributed by atoms with Gasteiger partial charge in [-0.05, 0) is 35.7 Å². The van der Waals surface area contributed by atoms with Gasteiger partial charge in [0.05, 0.1) is 13.7 Å². The van der Waals surface area contributed by atoms with Crippen molar-refractivity contribution >= 4 is 11.9 Å². The minimum atomic E-state index is -0.737. The minimum Gasteiger partial charge on any atom is -0.449 e. The van der Waals surface area contributed by atoms with Crippen LogP contribution in [0.5, 0.6) is 11.5 Å². The van der Waals surface area contributed by atoms with Crippen LogP contribution in [0.1, 0.15) is 36.7 Å². The van der Waals surface area contributed by atoms with Gasteiger partial charge in [0, 0.05) is 25.8 Å². The van der Waals surface area contributed by atoms with Gasteiger partial charge in [0.1, 0.15) is 0 Å². The average molecular weight is 370 g/mol. The normalized spacial score (nSPS) is 13.9. The molecule has 0 saturated carbocycles. The Morgan fingerprint density at radius 1 is 1.04 bits per heavy atom. The number of carbonyl (C=O) groups excluding carboxylic acids is 2. The number of hydrogen-bond acceptors (Lipinski definition) is 6. The Kier molecular flexibility index (Phi) is 5.08. The third-order valence-electron chi connectivity index (χ3n) is 4.24. The highest BCUT2D eigenvalue weighted by molar-refractivity contribution is 5.94. The van der Waals surface area contributed by atoms with Gasteiger partial charge < -0.3 is 18.9 Å². The number of Topliss-reactive ketones (excluding diaryl/α,β-unsaturated/α-hetero) is 1. The zero-order valence-electron chi connectivity index (χ0n) is 15.8. The molecule has 2 aromatic rings. The molecule has 0 spiro atoms. The van der Waals surface area contributed by atoms with Gasteiger partial charge in [-0.2, -0.15) is 0 Å². The summed E-state index contributed by atoms with van der Waals surface area (Å²) in [5, 5.41) is 0. The van der Waals surface area contributed by atoms with Gasteiger partial charge in [-0.1, -0.05) is 24.3 Å². The van der Waals surface area contributed by atoms with E-state index in [1.165, 1.54) is 14.0 Å². The molecule has 0 bridgehead atoms. The van der Waals surface area contributed by atoms with Gasteiger partial charge in [0.15, 0.2) is 17.3 Å². The Bertz CT molecular complexity index is 867. The maximum Gasteiger partial charge on any atom is 0.507 e. The van der Waals surface area contributed by atoms with Crippen LogP contribution in [0.15, 0.2) is 36.4 Å². The second-order valence-electron chi connectivity index (χ2n) is 6.75. The van der Waals surface area contributed by atoms with Crippen LogP contribution in [0.25, 0.3) is 11.1 Å². The molecule has 0 radical (unpaired) electrons. The Balaban J connectivity index is 1.95. The van der Waals surface area contributed by atoms with E-state index in [4.69, 9.17) is 14.2 Å². The summed E-state index contributed by atoms with van der Waals surface area (Å²) in [5.74, 6) is 0.584. The molecule has 0 aliphatic carbocycles. The fourth-order valence-electron chi connectivity index (χ4n) is 2.98. The van der Waals surface area contributed by atoms with Gasteiger partial charge in [0.2, 0.25) is 5.79 Å². The van der Waals surface area contributed by atoms with E-state index in [9.17, 15) is 9.59 Å². The van der Waals surface area contributed by atoms with E-state index >= 15 is 0 Å². The summed E-state index contributed by atoms with van der Waals surface area (Å²) < 4.78 is 21.2. The molecule has 2 aromatic carbocycles. The van der Waals surface area contributed by atoms with Crippen molar-refractivity contribution in [2.24, 2.45) is 0 Å². The first-order chi connectivity index (χ1) is 12.8. The van der Waals surface area contributed by atoms with Crippen molar-refractivity contribution in [3.63, 3.8) is 0 Å². The number of fused-ring (bicyclic) bond motifs is 1. The number of ketones is 1. The molecule has 0 unspecified atom stereocenters. The summed E-state index contributed by atoms with van der Waals surface area (Å²) in [6.07, 6.45) is -0.236. The van der Waals surface area contributed by atoms with Crippen molar-refractivity contribution in [3.05, 3.63) is 47.5 Å². The van der Waals surface area contributed by atoms with Crippen LogP contribution < -0.4 is 9.47 Å². The van der Waals surface area contributed by atoms with E-state index < -0.39 is 11.9 Å². The monoisotopic (exact) mass is 370 g/mol. The van der Waals surface area contributed by atoms with Gasteiger partial charge in [-0.25, -0.2) is 4.79 Å². The number of methoxy groups -OCH3 is 1. The highest BCUT2D eigenvalue weighted by Gasteiger charge is 2.32. The minimum absolute atomic E-state index is 0.0145. The second-order valence-corrected chi connectivity index (χ2v) is 6.75. The topological polar surface area (TPSA) is 71.1 Å². The second kappa shape index (κ2) is 7.31. The number of hydrogen-bond donors (Lipinski definition) is 0. The molecule has 0 atom stereocenters. The molecule has 6 heteroatoms. The number of carbonyl (C=O) groups is 2. The Morgan fingerprint density at radius 3 is 2.26 bits per heavy atom. The molecule has 0 amide bonds. The lowest BCUT2D eigenvalue weighted by molar-refractivity contribution is -0.0431. The maximum absolute atomic E-state index is 11.5. The van der Waals surface area contributed by atoms with E-state index in [2.05, 4.69) is 4.74 Å². The number of benzene rings is 2. The number of rotatable bonds is 5. The lowest BCUT2D eigenvalue weighted by atomic mass is 9.96. The highest BCUT2D eigenvalue weighted by atomic mass is 16.7. The molecule has 1 heterocycles. The molecule has 1 aliphatic rings. The summed E-state index contributed by atoms with van der Waals surface area (Å²) >= 11 is 0. The van der Waals surface area contributed by atoms with Crippen molar-refractivity contribution in [1.29, 1.82) is 0 Å². The molecular weight excluding hydrogens is 348 g/mol. The predicted octanol–water partition coefficient (Wildman–Crippen LogP) is 4.39. The van der Waals surface area contributed by atoms with Gasteiger partial charge in [0.25, 0.3) is 0 Å². The van der Waals surface area contributed by atoms with Crippen molar-refractivity contribution in [1.82, 2.24) is 0 Å². The first-order valence-corrected chi connectivity index (χ1v) is 8.66. The average Bonchev–Trinajstić information content (AvgIpc) is 2.93.